The summed E-state index contributed by atoms with van der Waals surface area (Å²) in [6.45, 7) is 2.66. The fraction of sp³-hybridized carbons (Fsp3) is 0.545. The van der Waals surface area contributed by atoms with Gasteiger partial charge in [-0.25, -0.2) is 22.8 Å². The Labute approximate surface area is 182 Å². The van der Waals surface area contributed by atoms with E-state index in [9.17, 15) is 12.8 Å². The summed E-state index contributed by atoms with van der Waals surface area (Å²) in [4.78, 5) is 11.0. The first-order valence-corrected chi connectivity index (χ1v) is 12.4. The molecule has 2 aliphatic rings. The van der Waals surface area contributed by atoms with Crippen molar-refractivity contribution in [2.45, 2.75) is 30.8 Å². The molecule has 1 aromatic heterocycles. The molecule has 0 spiro atoms. The Hall–Kier alpha value is -2.26. The number of rotatable bonds is 8. The molecule has 2 fully saturated rings. The van der Waals surface area contributed by atoms with Crippen LogP contribution in [0, 0.1) is 23.6 Å². The molecule has 2 heterocycles. The lowest BCUT2D eigenvalue weighted by Crippen LogP contribution is -2.35. The van der Waals surface area contributed by atoms with E-state index in [4.69, 9.17) is 9.47 Å². The predicted octanol–water partition coefficient (Wildman–Crippen LogP) is 3.10. The molecule has 1 saturated heterocycles. The van der Waals surface area contributed by atoms with Gasteiger partial charge in [-0.1, -0.05) is 6.07 Å². The van der Waals surface area contributed by atoms with E-state index in [0.717, 1.165) is 50.6 Å². The first-order valence-electron chi connectivity index (χ1n) is 10.5. The van der Waals surface area contributed by atoms with Crippen LogP contribution in [0.3, 0.4) is 0 Å². The molecule has 9 heteroatoms. The zero-order chi connectivity index (χ0) is 22.0. The summed E-state index contributed by atoms with van der Waals surface area (Å²) in [6, 6.07) is 3.98. The number of nitrogens with zero attached hydrogens (tertiary/aromatic N) is 3. The zero-order valence-electron chi connectivity index (χ0n) is 17.8. The molecule has 1 aliphatic carbocycles. The highest BCUT2D eigenvalue weighted by molar-refractivity contribution is 7.90. The Morgan fingerprint density at radius 1 is 1.19 bits per heavy atom. The van der Waals surface area contributed by atoms with Crippen LogP contribution in [0.5, 0.6) is 5.75 Å². The van der Waals surface area contributed by atoms with Crippen molar-refractivity contribution in [2.75, 3.05) is 38.0 Å². The highest BCUT2D eigenvalue weighted by atomic mass is 32.2. The van der Waals surface area contributed by atoms with Gasteiger partial charge < -0.3 is 14.4 Å². The summed E-state index contributed by atoms with van der Waals surface area (Å²) in [5, 5.41) is 0. The second-order valence-electron chi connectivity index (χ2n) is 8.45. The van der Waals surface area contributed by atoms with Gasteiger partial charge in [-0.05, 0) is 49.1 Å². The van der Waals surface area contributed by atoms with Gasteiger partial charge in [0.05, 0.1) is 37.6 Å². The number of hydrogen-bond donors (Lipinski definition) is 0. The number of benzene rings is 1. The lowest BCUT2D eigenvalue weighted by molar-refractivity contribution is 0.102. The topological polar surface area (TPSA) is 81.6 Å². The van der Waals surface area contributed by atoms with E-state index in [1.807, 2.05) is 0 Å². The summed E-state index contributed by atoms with van der Waals surface area (Å²) >= 11 is 0. The Bertz CT molecular complexity index is 1010. The van der Waals surface area contributed by atoms with Gasteiger partial charge in [-0.15, -0.1) is 0 Å². The van der Waals surface area contributed by atoms with Gasteiger partial charge in [0.15, 0.2) is 15.6 Å². The Kier molecular flexibility index (Phi) is 6.43. The maximum atomic E-state index is 14.1. The van der Waals surface area contributed by atoms with Crippen molar-refractivity contribution < 1.29 is 22.3 Å². The number of halogens is 1. The maximum Gasteiger partial charge on any atom is 0.225 e. The van der Waals surface area contributed by atoms with Crippen molar-refractivity contribution in [3.8, 4) is 5.75 Å². The van der Waals surface area contributed by atoms with E-state index in [0.29, 0.717) is 35.7 Å². The molecule has 1 saturated carbocycles. The summed E-state index contributed by atoms with van der Waals surface area (Å²) in [5.41, 5.74) is 0.386. The second-order valence-corrected chi connectivity index (χ2v) is 10.5. The predicted molar refractivity (Wildman–Crippen MR) is 114 cm³/mol. The highest BCUT2D eigenvalue weighted by Crippen LogP contribution is 2.48. The molecule has 2 atom stereocenters. The molecule has 1 aliphatic heterocycles. The number of anilines is 1. The van der Waals surface area contributed by atoms with Crippen LogP contribution in [0.4, 0.5) is 10.3 Å². The number of sulfone groups is 1. The van der Waals surface area contributed by atoms with Crippen molar-refractivity contribution in [2.24, 2.45) is 17.8 Å². The van der Waals surface area contributed by atoms with E-state index in [1.165, 1.54) is 12.1 Å². The quantitative estimate of drug-likeness (QED) is 0.612. The largest absolute Gasteiger partial charge is 0.494 e. The molecule has 0 radical (unpaired) electrons. The van der Waals surface area contributed by atoms with Crippen LogP contribution in [-0.2, 0) is 21.2 Å². The van der Waals surface area contributed by atoms with Gasteiger partial charge in [0.25, 0.3) is 0 Å². The molecule has 0 amide bonds. The van der Waals surface area contributed by atoms with Gasteiger partial charge in [-0.2, -0.15) is 0 Å². The molecule has 168 valence electrons. The summed E-state index contributed by atoms with van der Waals surface area (Å²) in [5.74, 6) is 2.73. The third-order valence-corrected chi connectivity index (χ3v) is 7.41. The molecular formula is C22H28FN3O4S. The lowest BCUT2D eigenvalue weighted by Gasteiger charge is -2.32. The first-order chi connectivity index (χ1) is 14.8. The minimum absolute atomic E-state index is 0.0117. The van der Waals surface area contributed by atoms with E-state index in [-0.39, 0.29) is 11.5 Å². The van der Waals surface area contributed by atoms with Crippen molar-refractivity contribution >= 4 is 15.8 Å². The Morgan fingerprint density at radius 2 is 1.90 bits per heavy atom. The van der Waals surface area contributed by atoms with E-state index in [1.54, 1.807) is 19.5 Å². The maximum absolute atomic E-state index is 14.1. The standard InChI is InChI=1S/C22H28FN3O4S/c1-29-18-11-24-22(25-12-18)26-7-5-15(6-8-26)20-9-17(20)14-30-13-16-3-4-19(10-21(16)23)31(2,27)28/h3-4,10-12,15,17,20H,5-9,13-14H2,1-2H3/t17-,20+/m0/s1. The van der Waals surface area contributed by atoms with Crippen LogP contribution < -0.4 is 9.64 Å². The van der Waals surface area contributed by atoms with Crippen LogP contribution in [0.2, 0.25) is 0 Å². The minimum Gasteiger partial charge on any atom is -0.494 e. The second kappa shape index (κ2) is 9.08. The number of methoxy groups -OCH3 is 1. The summed E-state index contributed by atoms with van der Waals surface area (Å²) in [6.07, 6.45) is 7.83. The third kappa shape index (κ3) is 5.33. The van der Waals surface area contributed by atoms with Gasteiger partial charge in [0, 0.05) is 24.9 Å². The van der Waals surface area contributed by atoms with Crippen molar-refractivity contribution in [3.05, 3.63) is 42.0 Å². The number of piperidine rings is 1. The van der Waals surface area contributed by atoms with Crippen LogP contribution in [-0.4, -0.2) is 51.4 Å². The Morgan fingerprint density at radius 3 is 2.52 bits per heavy atom. The van der Waals surface area contributed by atoms with E-state index in [2.05, 4.69) is 14.9 Å². The van der Waals surface area contributed by atoms with Gasteiger partial charge in [0.1, 0.15) is 5.82 Å². The van der Waals surface area contributed by atoms with Crippen LogP contribution in [0.25, 0.3) is 0 Å². The fourth-order valence-electron chi connectivity index (χ4n) is 4.34. The third-order valence-electron chi connectivity index (χ3n) is 6.30. The van der Waals surface area contributed by atoms with Crippen LogP contribution in [0.15, 0.2) is 35.5 Å². The lowest BCUT2D eigenvalue weighted by atomic mass is 9.91. The highest BCUT2D eigenvalue weighted by Gasteiger charge is 2.43. The van der Waals surface area contributed by atoms with Gasteiger partial charge in [-0.3, -0.25) is 0 Å². The molecule has 0 unspecified atom stereocenters. The monoisotopic (exact) mass is 449 g/mol. The fourth-order valence-corrected chi connectivity index (χ4v) is 4.97. The minimum atomic E-state index is -3.41. The van der Waals surface area contributed by atoms with Crippen molar-refractivity contribution in [1.82, 2.24) is 9.97 Å². The number of hydrogen-bond acceptors (Lipinski definition) is 7. The van der Waals surface area contributed by atoms with E-state index >= 15 is 0 Å². The van der Waals surface area contributed by atoms with Crippen LogP contribution in [0.1, 0.15) is 24.8 Å². The normalized spacial score (nSPS) is 21.8. The molecule has 0 N–H and O–H groups in total. The van der Waals surface area contributed by atoms with Crippen molar-refractivity contribution in [3.63, 3.8) is 0 Å². The zero-order valence-corrected chi connectivity index (χ0v) is 18.6. The van der Waals surface area contributed by atoms with Crippen molar-refractivity contribution in [1.29, 1.82) is 0 Å². The number of aromatic nitrogens is 2. The Balaban J connectivity index is 1.20. The molecule has 2 aromatic rings. The average molecular weight is 450 g/mol. The van der Waals surface area contributed by atoms with Gasteiger partial charge in [0.2, 0.25) is 5.95 Å². The molecule has 0 bridgehead atoms. The average Bonchev–Trinajstić information content (AvgIpc) is 3.54. The molecule has 4 rings (SSSR count). The number of ether oxygens (including phenoxy) is 2. The smallest absolute Gasteiger partial charge is 0.225 e. The van der Waals surface area contributed by atoms with Gasteiger partial charge >= 0.3 is 0 Å². The molecule has 31 heavy (non-hydrogen) atoms. The molecule has 1 aromatic carbocycles. The summed E-state index contributed by atoms with van der Waals surface area (Å²) < 4.78 is 48.0. The molecule has 7 nitrogen and oxygen atoms in total. The van der Waals surface area contributed by atoms with E-state index < -0.39 is 15.7 Å². The van der Waals surface area contributed by atoms with Crippen LogP contribution >= 0.6 is 0 Å². The summed E-state index contributed by atoms with van der Waals surface area (Å²) in [7, 11) is -1.81. The molecular weight excluding hydrogens is 421 g/mol. The SMILES string of the molecule is COc1cnc(N2CCC([C@H]3C[C@H]3COCc3ccc(S(C)(=O)=O)cc3F)CC2)nc1. The first kappa shape index (κ1) is 22.0.